The van der Waals surface area contributed by atoms with Crippen LogP contribution in [0.25, 0.3) is 10.9 Å². The number of amides is 2. The maximum absolute atomic E-state index is 13.5. The van der Waals surface area contributed by atoms with Crippen molar-refractivity contribution >= 4 is 34.8 Å². The Kier molecular flexibility index (Phi) is 8.65. The highest BCUT2D eigenvalue weighted by Gasteiger charge is 2.61. The van der Waals surface area contributed by atoms with Gasteiger partial charge in [0.1, 0.15) is 22.6 Å². The fourth-order valence-corrected chi connectivity index (χ4v) is 4.95. The van der Waals surface area contributed by atoms with E-state index in [9.17, 15) is 19.2 Å². The molecule has 0 spiro atoms. The number of aromatic nitrogens is 1. The first kappa shape index (κ1) is 30.6. The molecule has 1 aliphatic carbocycles. The summed E-state index contributed by atoms with van der Waals surface area (Å²) in [4.78, 5) is 57.6. The molecule has 42 heavy (non-hydrogen) atoms. The highest BCUT2D eigenvalue weighted by molar-refractivity contribution is 5.95. The summed E-state index contributed by atoms with van der Waals surface area (Å²) in [6.45, 7) is 10.8. The third-order valence-electron chi connectivity index (χ3n) is 7.17. The maximum Gasteiger partial charge on any atom is 0.413 e. The molecule has 0 radical (unpaired) electrons. The van der Waals surface area contributed by atoms with E-state index in [2.05, 4.69) is 16.9 Å². The van der Waals surface area contributed by atoms with Crippen molar-refractivity contribution in [3.63, 3.8) is 0 Å². The molecule has 12 nitrogen and oxygen atoms in total. The van der Waals surface area contributed by atoms with Gasteiger partial charge in [-0.1, -0.05) is 6.08 Å². The SMILES string of the molecule is C=C[C@@H]1C[C@]1(NC(=O)[C@@H]1C[C@H](Oc2cc(C(=O)OC)nc3cc(OC)ccc23)N(C(=O)OC(C)(C)C)C1)C(=O)OCC. The zero-order valence-electron chi connectivity index (χ0n) is 24.7. The smallest absolute Gasteiger partial charge is 0.413 e. The van der Waals surface area contributed by atoms with Gasteiger partial charge >= 0.3 is 18.0 Å². The molecule has 1 saturated heterocycles. The lowest BCUT2D eigenvalue weighted by molar-refractivity contribution is -0.149. The quantitative estimate of drug-likeness (QED) is 0.264. The van der Waals surface area contributed by atoms with Crippen molar-refractivity contribution in [2.75, 3.05) is 27.4 Å². The van der Waals surface area contributed by atoms with Crippen LogP contribution in [0.4, 0.5) is 4.79 Å². The molecule has 1 N–H and O–H groups in total. The molecule has 1 aliphatic heterocycles. The number of fused-ring (bicyclic) bond motifs is 1. The van der Waals surface area contributed by atoms with Gasteiger partial charge in [0, 0.05) is 36.4 Å². The van der Waals surface area contributed by atoms with Crippen LogP contribution >= 0.6 is 0 Å². The summed E-state index contributed by atoms with van der Waals surface area (Å²) in [5, 5.41) is 3.41. The Hall–Kier alpha value is -4.35. The van der Waals surface area contributed by atoms with Gasteiger partial charge in [-0.05, 0) is 46.2 Å². The lowest BCUT2D eigenvalue weighted by Gasteiger charge is -2.29. The maximum atomic E-state index is 13.5. The van der Waals surface area contributed by atoms with E-state index in [1.54, 1.807) is 52.0 Å². The number of nitrogens with one attached hydrogen (secondary N) is 1. The molecule has 2 fully saturated rings. The minimum Gasteiger partial charge on any atom is -0.497 e. The van der Waals surface area contributed by atoms with Crippen LogP contribution in [0.1, 0.15) is 51.0 Å². The molecule has 0 bridgehead atoms. The molecule has 2 aromatic rings. The molecule has 4 rings (SSSR count). The molecule has 226 valence electrons. The zero-order chi connectivity index (χ0) is 30.8. The molecule has 0 unspecified atom stereocenters. The van der Waals surface area contributed by atoms with Crippen LogP contribution in [-0.2, 0) is 23.8 Å². The number of methoxy groups -OCH3 is 2. The molecule has 1 saturated carbocycles. The highest BCUT2D eigenvalue weighted by atomic mass is 16.6. The van der Waals surface area contributed by atoms with E-state index in [1.165, 1.54) is 25.2 Å². The number of esters is 2. The van der Waals surface area contributed by atoms with Crippen LogP contribution in [0, 0.1) is 11.8 Å². The third-order valence-corrected chi connectivity index (χ3v) is 7.17. The summed E-state index contributed by atoms with van der Waals surface area (Å²) in [6.07, 6.45) is 0.476. The molecule has 2 heterocycles. The Morgan fingerprint density at radius 3 is 2.52 bits per heavy atom. The number of carbonyl (C=O) groups excluding carboxylic acids is 4. The summed E-state index contributed by atoms with van der Waals surface area (Å²) in [7, 11) is 2.75. The van der Waals surface area contributed by atoms with Crippen LogP contribution in [-0.4, -0.2) is 78.6 Å². The summed E-state index contributed by atoms with van der Waals surface area (Å²) in [6, 6.07) is 6.51. The van der Waals surface area contributed by atoms with Crippen molar-refractivity contribution in [3.05, 3.63) is 42.6 Å². The average molecular weight is 584 g/mol. The number of hydrogen-bond acceptors (Lipinski definition) is 10. The van der Waals surface area contributed by atoms with Crippen molar-refractivity contribution in [3.8, 4) is 11.5 Å². The number of carbonyl (C=O) groups is 4. The second-order valence-corrected chi connectivity index (χ2v) is 11.2. The lowest BCUT2D eigenvalue weighted by atomic mass is 10.1. The summed E-state index contributed by atoms with van der Waals surface area (Å²) in [5.41, 5.74) is -1.59. The normalized spacial score (nSPS) is 23.1. The van der Waals surface area contributed by atoms with E-state index in [0.717, 1.165) is 0 Å². The van der Waals surface area contributed by atoms with E-state index in [4.69, 9.17) is 23.7 Å². The number of nitrogens with zero attached hydrogens (tertiary/aromatic N) is 2. The molecule has 12 heteroatoms. The zero-order valence-corrected chi connectivity index (χ0v) is 24.7. The minimum atomic E-state index is -1.18. The van der Waals surface area contributed by atoms with Gasteiger partial charge in [0.05, 0.1) is 32.3 Å². The van der Waals surface area contributed by atoms with Crippen LogP contribution in [0.3, 0.4) is 0 Å². The third kappa shape index (κ3) is 6.27. The number of pyridine rings is 1. The van der Waals surface area contributed by atoms with Gasteiger partial charge in [-0.15, -0.1) is 6.58 Å². The van der Waals surface area contributed by atoms with Crippen molar-refractivity contribution < 1.29 is 42.9 Å². The Balaban J connectivity index is 1.66. The monoisotopic (exact) mass is 583 g/mol. The number of hydrogen-bond donors (Lipinski definition) is 1. The van der Waals surface area contributed by atoms with Crippen molar-refractivity contribution in [2.24, 2.45) is 11.8 Å². The topological polar surface area (TPSA) is 143 Å². The molecule has 4 atom stereocenters. The first-order valence-corrected chi connectivity index (χ1v) is 13.7. The molecule has 1 aromatic carbocycles. The van der Waals surface area contributed by atoms with Crippen LogP contribution in [0.2, 0.25) is 0 Å². The predicted molar refractivity (Wildman–Crippen MR) is 151 cm³/mol. The van der Waals surface area contributed by atoms with Crippen LogP contribution < -0.4 is 14.8 Å². The summed E-state index contributed by atoms with van der Waals surface area (Å²) in [5.74, 6) is -1.84. The van der Waals surface area contributed by atoms with E-state index < -0.39 is 47.2 Å². The standard InChI is InChI=1S/C30H37N3O9/c1-8-18-15-30(18,27(36)40-9-2)32-25(34)17-12-24(33(16-17)28(37)42-29(3,4)5)41-23-14-22(26(35)39-7)31-21-13-19(38-6)10-11-20(21)23/h8,10-11,13-14,17-18,24H,1,9,12,15-16H2,2-7H3,(H,32,34)/t17-,18-,24+,30-/m1/s1. The number of ether oxygens (including phenoxy) is 5. The average Bonchev–Trinajstić information content (AvgIpc) is 3.50. The van der Waals surface area contributed by atoms with E-state index in [0.29, 0.717) is 23.1 Å². The van der Waals surface area contributed by atoms with Crippen LogP contribution in [0.5, 0.6) is 11.5 Å². The van der Waals surface area contributed by atoms with Gasteiger partial charge in [0.15, 0.2) is 11.9 Å². The van der Waals surface area contributed by atoms with Gasteiger partial charge < -0.3 is 29.0 Å². The Bertz CT molecular complexity index is 1400. The first-order valence-electron chi connectivity index (χ1n) is 13.7. The highest BCUT2D eigenvalue weighted by Crippen LogP contribution is 2.46. The number of benzene rings is 1. The van der Waals surface area contributed by atoms with E-state index >= 15 is 0 Å². The first-order chi connectivity index (χ1) is 19.8. The molecular weight excluding hydrogens is 546 g/mol. The number of rotatable bonds is 9. The van der Waals surface area contributed by atoms with Crippen molar-refractivity contribution in [2.45, 2.75) is 57.9 Å². The lowest BCUT2D eigenvalue weighted by Crippen LogP contribution is -2.48. The molecule has 1 aromatic heterocycles. The molecule has 2 amide bonds. The van der Waals surface area contributed by atoms with E-state index in [1.807, 2.05) is 0 Å². The minimum absolute atomic E-state index is 0.00932. The van der Waals surface area contributed by atoms with Crippen molar-refractivity contribution in [1.82, 2.24) is 15.2 Å². The van der Waals surface area contributed by atoms with Gasteiger partial charge in [-0.3, -0.25) is 9.69 Å². The second kappa shape index (κ2) is 11.9. The number of likely N-dealkylation sites (tertiary alicyclic amines) is 1. The van der Waals surface area contributed by atoms with E-state index in [-0.39, 0.29) is 36.9 Å². The Labute approximate surface area is 244 Å². The Morgan fingerprint density at radius 1 is 1.19 bits per heavy atom. The molecule has 2 aliphatic rings. The fraction of sp³-hybridized carbons (Fsp3) is 0.500. The van der Waals surface area contributed by atoms with Gasteiger partial charge in [0.25, 0.3) is 0 Å². The van der Waals surface area contributed by atoms with Gasteiger partial charge in [-0.25, -0.2) is 19.4 Å². The largest absolute Gasteiger partial charge is 0.497 e. The predicted octanol–water partition coefficient (Wildman–Crippen LogP) is 3.62. The van der Waals surface area contributed by atoms with Crippen molar-refractivity contribution in [1.29, 1.82) is 0 Å². The van der Waals surface area contributed by atoms with Gasteiger partial charge in [0.2, 0.25) is 5.91 Å². The second-order valence-electron chi connectivity index (χ2n) is 11.2. The summed E-state index contributed by atoms with van der Waals surface area (Å²) >= 11 is 0. The van der Waals surface area contributed by atoms with Crippen LogP contribution in [0.15, 0.2) is 36.9 Å². The summed E-state index contributed by atoms with van der Waals surface area (Å²) < 4.78 is 27.3. The van der Waals surface area contributed by atoms with Gasteiger partial charge in [-0.2, -0.15) is 0 Å². The fourth-order valence-electron chi connectivity index (χ4n) is 4.95. The Morgan fingerprint density at radius 2 is 1.93 bits per heavy atom. The molecular formula is C30H37N3O9.